The maximum Gasteiger partial charge on any atom is 0.207 e. The molecule has 0 aliphatic rings. The first-order valence-electron chi connectivity index (χ1n) is 7.71. The van der Waals surface area contributed by atoms with Crippen LogP contribution >= 0.6 is 34.7 Å². The highest BCUT2D eigenvalue weighted by atomic mass is 35.5. The van der Waals surface area contributed by atoms with Gasteiger partial charge in [-0.1, -0.05) is 53.5 Å². The van der Waals surface area contributed by atoms with Gasteiger partial charge in [-0.2, -0.15) is 9.36 Å². The van der Waals surface area contributed by atoms with Gasteiger partial charge in [-0.05, 0) is 18.2 Å². The van der Waals surface area contributed by atoms with Crippen LogP contribution in [0, 0.1) is 0 Å². The first-order chi connectivity index (χ1) is 12.1. The third kappa shape index (κ3) is 5.28. The van der Waals surface area contributed by atoms with Crippen LogP contribution in [0.1, 0.15) is 18.3 Å². The lowest BCUT2D eigenvalue weighted by Crippen LogP contribution is -2.79. The topological polar surface area (TPSA) is 54.4 Å². The Labute approximate surface area is 160 Å². The highest BCUT2D eigenvalue weighted by molar-refractivity contribution is 7.09. The largest absolute Gasteiger partial charge is 0.330 e. The fourth-order valence-corrected chi connectivity index (χ4v) is 3.07. The van der Waals surface area contributed by atoms with E-state index in [1.54, 1.807) is 12.1 Å². The lowest BCUT2D eigenvalue weighted by Gasteiger charge is -2.03. The Hall–Kier alpha value is -1.92. The van der Waals surface area contributed by atoms with Crippen LogP contribution in [0.4, 0.5) is 10.8 Å². The van der Waals surface area contributed by atoms with Gasteiger partial charge in [-0.15, -0.1) is 0 Å². The fraction of sp³-hybridized carbons (Fsp3) is 0.111. The Kier molecular flexibility index (Phi) is 6.04. The number of nitrogens with zero attached hydrogens (tertiary/aromatic N) is 2. The molecule has 3 rings (SSSR count). The Morgan fingerprint density at radius 2 is 1.96 bits per heavy atom. The number of quaternary nitrogens is 1. The van der Waals surface area contributed by atoms with Gasteiger partial charge in [-0.25, -0.2) is 0 Å². The van der Waals surface area contributed by atoms with Crippen LogP contribution in [-0.2, 0) is 6.54 Å². The molecule has 128 valence electrons. The molecule has 2 aromatic carbocycles. The summed E-state index contributed by atoms with van der Waals surface area (Å²) in [7, 11) is 0. The molecule has 3 N–H and O–H groups in total. The average Bonchev–Trinajstić information content (AvgIpc) is 3.04. The number of nitrogens with two attached hydrogens (primary N) is 1. The fourth-order valence-electron chi connectivity index (χ4n) is 2.20. The minimum Gasteiger partial charge on any atom is -0.330 e. The Balaban J connectivity index is 1.61. The van der Waals surface area contributed by atoms with E-state index in [-0.39, 0.29) is 0 Å². The van der Waals surface area contributed by atoms with E-state index in [0.717, 1.165) is 17.9 Å². The number of rotatable bonds is 6. The molecule has 0 spiro atoms. The Bertz CT molecular complexity index is 878. The van der Waals surface area contributed by atoms with Crippen LogP contribution in [0.2, 0.25) is 10.0 Å². The molecule has 0 saturated heterocycles. The van der Waals surface area contributed by atoms with Gasteiger partial charge in [0.15, 0.2) is 5.82 Å². The van der Waals surface area contributed by atoms with Crippen molar-refractivity contribution in [3.63, 3.8) is 0 Å². The van der Waals surface area contributed by atoms with Gasteiger partial charge >= 0.3 is 0 Å². The summed E-state index contributed by atoms with van der Waals surface area (Å²) in [5.41, 5.74) is 3.24. The lowest BCUT2D eigenvalue weighted by atomic mass is 10.2. The maximum absolute atomic E-state index is 6.02. The second-order valence-corrected chi connectivity index (χ2v) is 7.06. The van der Waals surface area contributed by atoms with Gasteiger partial charge < -0.3 is 10.6 Å². The molecule has 0 fully saturated rings. The van der Waals surface area contributed by atoms with Crippen LogP contribution in [-0.4, -0.2) is 9.36 Å². The van der Waals surface area contributed by atoms with Gasteiger partial charge in [0.2, 0.25) is 5.13 Å². The molecule has 0 bridgehead atoms. The second kappa shape index (κ2) is 8.45. The number of anilines is 2. The minimum atomic E-state index is 0.502. The maximum atomic E-state index is 6.02. The minimum absolute atomic E-state index is 0.502. The third-order valence-electron chi connectivity index (χ3n) is 3.47. The summed E-state index contributed by atoms with van der Waals surface area (Å²) >= 11 is 13.2. The zero-order valence-electron chi connectivity index (χ0n) is 13.5. The van der Waals surface area contributed by atoms with Crippen LogP contribution in [0.5, 0.6) is 0 Å². The van der Waals surface area contributed by atoms with Crippen molar-refractivity contribution < 1.29 is 5.32 Å². The summed E-state index contributed by atoms with van der Waals surface area (Å²) < 4.78 is 4.36. The van der Waals surface area contributed by atoms with E-state index in [4.69, 9.17) is 23.2 Å². The number of halogens is 2. The molecule has 1 heterocycles. The number of nitrogens with one attached hydrogen (secondary N) is 1. The molecule has 3 aromatic rings. The van der Waals surface area contributed by atoms with Crippen molar-refractivity contribution in [2.75, 3.05) is 5.32 Å². The van der Waals surface area contributed by atoms with Gasteiger partial charge in [0.1, 0.15) is 12.2 Å². The van der Waals surface area contributed by atoms with Crippen molar-refractivity contribution in [1.29, 1.82) is 0 Å². The lowest BCUT2D eigenvalue weighted by molar-refractivity contribution is -0.621. The van der Waals surface area contributed by atoms with Crippen LogP contribution < -0.4 is 10.6 Å². The quantitative estimate of drug-likeness (QED) is 0.639. The summed E-state index contributed by atoms with van der Waals surface area (Å²) in [6.07, 6.45) is 1.97. The van der Waals surface area contributed by atoms with Gasteiger partial charge in [0.05, 0.1) is 10.0 Å². The highest BCUT2D eigenvalue weighted by Gasteiger charge is 2.06. The van der Waals surface area contributed by atoms with Crippen molar-refractivity contribution in [2.45, 2.75) is 13.5 Å². The molecule has 0 radical (unpaired) electrons. The normalized spacial score (nSPS) is 11.6. The van der Waals surface area contributed by atoms with E-state index in [1.165, 1.54) is 17.1 Å². The van der Waals surface area contributed by atoms with E-state index in [9.17, 15) is 0 Å². The molecule has 0 saturated carbocycles. The molecule has 0 aliphatic carbocycles. The van der Waals surface area contributed by atoms with Crippen molar-refractivity contribution >= 4 is 51.6 Å². The standard InChI is InChI=1S/C18H16Cl2N4S/c1-12(21-11-13-5-3-2-4-6-13)9-17-23-18(25-24-17)22-14-7-8-15(19)16(20)10-14/h2-10,21H,11H2,1H3,(H,22,23,24)/p+1. The van der Waals surface area contributed by atoms with Crippen molar-refractivity contribution in [2.24, 2.45) is 0 Å². The predicted molar refractivity (Wildman–Crippen MR) is 105 cm³/mol. The summed E-state index contributed by atoms with van der Waals surface area (Å²) in [6.45, 7) is 2.94. The van der Waals surface area contributed by atoms with Gasteiger partial charge in [0, 0.05) is 35.8 Å². The molecule has 1 aromatic heterocycles. The molecule has 25 heavy (non-hydrogen) atoms. The molecular formula is C18H17Cl2N4S+. The number of aromatic nitrogens is 2. The number of benzene rings is 2. The van der Waals surface area contributed by atoms with Gasteiger partial charge in [0.25, 0.3) is 0 Å². The molecule has 0 amide bonds. The van der Waals surface area contributed by atoms with E-state index < -0.39 is 0 Å². The smallest absolute Gasteiger partial charge is 0.207 e. The molecular weight excluding hydrogens is 375 g/mol. The van der Waals surface area contributed by atoms with E-state index in [2.05, 4.69) is 39.0 Å². The zero-order valence-corrected chi connectivity index (χ0v) is 15.9. The van der Waals surface area contributed by atoms with Crippen molar-refractivity contribution in [3.8, 4) is 0 Å². The number of hydrogen-bond acceptors (Lipinski definition) is 4. The highest BCUT2D eigenvalue weighted by Crippen LogP contribution is 2.27. The Morgan fingerprint density at radius 1 is 1.16 bits per heavy atom. The molecule has 4 nitrogen and oxygen atoms in total. The van der Waals surface area contributed by atoms with Crippen molar-refractivity contribution in [1.82, 2.24) is 9.36 Å². The Morgan fingerprint density at radius 3 is 2.72 bits per heavy atom. The SMILES string of the molecule is CC(=Cc1nsc(Nc2ccc(Cl)c(Cl)c2)n1)[NH2+]Cc1ccccc1. The molecule has 0 unspecified atom stereocenters. The second-order valence-electron chi connectivity index (χ2n) is 5.49. The first kappa shape index (κ1) is 17.9. The predicted octanol–water partition coefficient (Wildman–Crippen LogP) is 4.71. The summed E-state index contributed by atoms with van der Waals surface area (Å²) in [5.74, 6) is 0.689. The van der Waals surface area contributed by atoms with Crippen molar-refractivity contribution in [3.05, 3.63) is 75.7 Å². The van der Waals surface area contributed by atoms with E-state index >= 15 is 0 Å². The summed E-state index contributed by atoms with van der Waals surface area (Å²) in [4.78, 5) is 4.48. The molecule has 0 aliphatic heterocycles. The average molecular weight is 392 g/mol. The van der Waals surface area contributed by atoms with E-state index in [0.29, 0.717) is 21.0 Å². The third-order valence-corrected chi connectivity index (χ3v) is 4.86. The molecule has 0 atom stereocenters. The summed E-state index contributed by atoms with van der Waals surface area (Å²) in [6, 6.07) is 15.7. The number of allylic oxidation sites excluding steroid dienone is 1. The first-order valence-corrected chi connectivity index (χ1v) is 9.24. The molecule has 7 heteroatoms. The van der Waals surface area contributed by atoms with Crippen LogP contribution in [0.3, 0.4) is 0 Å². The zero-order chi connectivity index (χ0) is 17.6. The monoisotopic (exact) mass is 391 g/mol. The van der Waals surface area contributed by atoms with Crippen LogP contribution in [0.25, 0.3) is 6.08 Å². The summed E-state index contributed by atoms with van der Waals surface area (Å²) in [5, 5.41) is 7.09. The van der Waals surface area contributed by atoms with Gasteiger partial charge in [-0.3, -0.25) is 0 Å². The van der Waals surface area contributed by atoms with E-state index in [1.807, 2.05) is 30.3 Å². The van der Waals surface area contributed by atoms with Crippen LogP contribution in [0.15, 0.2) is 54.2 Å². The number of hydrogen-bond donors (Lipinski definition) is 2.